The summed E-state index contributed by atoms with van der Waals surface area (Å²) in [6, 6.07) is 0. The largest absolute Gasteiger partial charge is 0.456 e. The van der Waals surface area contributed by atoms with E-state index in [-0.39, 0.29) is 12.6 Å². The summed E-state index contributed by atoms with van der Waals surface area (Å²) >= 11 is 0. The molecule has 5 nitrogen and oxygen atoms in total. The van der Waals surface area contributed by atoms with Gasteiger partial charge >= 0.3 is 0 Å². The molecule has 0 aliphatic carbocycles. The molecule has 0 aliphatic heterocycles. The average molecular weight is 231 g/mol. The fourth-order valence-electron chi connectivity index (χ4n) is 0.0718. The van der Waals surface area contributed by atoms with Gasteiger partial charge in [-0.25, -0.2) is 0 Å². The Bertz CT molecular complexity index is 211. The summed E-state index contributed by atoms with van der Waals surface area (Å²) in [4.78, 5) is 20.1. The first-order valence-electron chi connectivity index (χ1n) is 4.08. The van der Waals surface area contributed by atoms with Crippen LogP contribution in [0.2, 0.25) is 26.2 Å². The first kappa shape index (κ1) is 15.9. The minimum atomic E-state index is -2.17. The molecule has 0 fully saturated rings. The van der Waals surface area contributed by atoms with Crippen LogP contribution >= 0.6 is 0 Å². The number of hydrogen-bond acceptors (Lipinski definition) is 3. The summed E-state index contributed by atoms with van der Waals surface area (Å²) in [6.07, 6.45) is 0. The molecule has 0 aliphatic rings. The van der Waals surface area contributed by atoms with Crippen LogP contribution in [0.3, 0.4) is 0 Å². The van der Waals surface area contributed by atoms with E-state index in [1.807, 2.05) is 0 Å². The Balaban J connectivity index is 0. The van der Waals surface area contributed by atoms with Gasteiger partial charge in [-0.3, -0.25) is 21.1 Å². The molecule has 8 heteroatoms. The number of rotatable bonds is 3. The van der Waals surface area contributed by atoms with Gasteiger partial charge in [-0.15, -0.1) is 0 Å². The maximum atomic E-state index is 10.3. The molecule has 0 aromatic carbocycles. The Morgan fingerprint density at radius 3 is 1.57 bits per heavy atom. The molecular weight excluding hydrogens is 215 g/mol. The molecule has 14 heavy (non-hydrogen) atoms. The highest BCUT2D eigenvalue weighted by Gasteiger charge is 2.29. The normalized spacial score (nSPS) is 10.1. The summed E-state index contributed by atoms with van der Waals surface area (Å²) < 4.78 is 0. The van der Waals surface area contributed by atoms with Crippen LogP contribution in [0.25, 0.3) is 0 Å². The molecule has 2 amide bonds. The Kier molecular flexibility index (Phi) is 7.69. The summed E-state index contributed by atoms with van der Waals surface area (Å²) in [5.74, 6) is 0. The maximum Gasteiger partial charge on any atom is 0.269 e. The van der Waals surface area contributed by atoms with Gasteiger partial charge in [-0.2, -0.15) is 0 Å². The molecular formula is C6H16BN2O3Si2. The summed E-state index contributed by atoms with van der Waals surface area (Å²) in [5.41, 5.74) is 12.1. The van der Waals surface area contributed by atoms with Gasteiger partial charge in [0.05, 0.1) is 0 Å². The lowest BCUT2D eigenvalue weighted by molar-refractivity contribution is 0.263. The molecule has 3 radical (unpaired) electrons. The lowest BCUT2D eigenvalue weighted by Crippen LogP contribution is -2.44. The molecule has 0 aromatic heterocycles. The minimum Gasteiger partial charge on any atom is -0.456 e. The molecule has 0 unspecified atom stereocenters. The van der Waals surface area contributed by atoms with Crippen molar-refractivity contribution in [3.8, 4) is 0 Å². The van der Waals surface area contributed by atoms with Crippen molar-refractivity contribution in [3.05, 3.63) is 0 Å². The Labute approximate surface area is 87.7 Å². The zero-order chi connectivity index (χ0) is 11.9. The number of hydrogen-bond donors (Lipinski definition) is 1. The number of carbonyl (C=O) groups is 2. The summed E-state index contributed by atoms with van der Waals surface area (Å²) in [7, 11) is -3.21. The Hall–Kier alpha value is -0.601. The third-order valence-electron chi connectivity index (χ3n) is 1.46. The molecule has 0 heterocycles. The van der Waals surface area contributed by atoms with Gasteiger partial charge in [-0.1, -0.05) is 26.2 Å². The third-order valence-corrected chi connectivity index (χ3v) is 4.39. The van der Waals surface area contributed by atoms with Crippen LogP contribution in [-0.2, 0) is 0 Å². The van der Waals surface area contributed by atoms with Crippen molar-refractivity contribution in [1.82, 2.24) is 11.5 Å². The Morgan fingerprint density at radius 1 is 1.29 bits per heavy atom. The second-order valence-corrected chi connectivity index (χ2v) is 10.7. The SMILES string of the molecule is C[Si](C)(BO)C([NH])=O.C[Si](C)C([NH])=O. The van der Waals surface area contributed by atoms with Crippen molar-refractivity contribution in [2.24, 2.45) is 0 Å². The van der Waals surface area contributed by atoms with Gasteiger partial charge in [0.15, 0.2) is 16.7 Å². The topological polar surface area (TPSA) is 102 Å². The van der Waals surface area contributed by atoms with E-state index in [1.54, 1.807) is 26.2 Å². The van der Waals surface area contributed by atoms with Crippen LogP contribution < -0.4 is 11.5 Å². The third kappa shape index (κ3) is 8.02. The van der Waals surface area contributed by atoms with Crippen molar-refractivity contribution in [2.45, 2.75) is 26.2 Å². The molecule has 0 saturated heterocycles. The van der Waals surface area contributed by atoms with E-state index in [9.17, 15) is 9.59 Å². The monoisotopic (exact) mass is 231 g/mol. The zero-order valence-electron chi connectivity index (χ0n) is 8.97. The van der Waals surface area contributed by atoms with Crippen LogP contribution in [0, 0.1) is 0 Å². The van der Waals surface area contributed by atoms with Crippen molar-refractivity contribution in [2.75, 3.05) is 0 Å². The Morgan fingerprint density at radius 2 is 1.57 bits per heavy atom. The minimum absolute atomic E-state index is 0.116. The predicted octanol–water partition coefficient (Wildman–Crippen LogP) is 0.245. The molecule has 0 spiro atoms. The smallest absolute Gasteiger partial charge is 0.269 e. The van der Waals surface area contributed by atoms with E-state index in [0.717, 1.165) is 0 Å². The van der Waals surface area contributed by atoms with E-state index >= 15 is 0 Å². The van der Waals surface area contributed by atoms with Gasteiger partial charge < -0.3 is 5.02 Å². The second kappa shape index (κ2) is 6.79. The quantitative estimate of drug-likeness (QED) is 0.704. The van der Waals surface area contributed by atoms with E-state index in [2.05, 4.69) is 0 Å². The lowest BCUT2D eigenvalue weighted by Gasteiger charge is -2.09. The number of nitrogens with one attached hydrogen (secondary N) is 2. The average Bonchev–Trinajstić information content (AvgIpc) is 2.05. The van der Waals surface area contributed by atoms with E-state index in [1.165, 1.54) is 0 Å². The van der Waals surface area contributed by atoms with Crippen LogP contribution in [0.1, 0.15) is 0 Å². The fourth-order valence-corrected chi connectivity index (χ4v) is 0.215. The number of carbonyl (C=O) groups excluding carboxylic acids is 2. The molecule has 0 aromatic rings. The van der Waals surface area contributed by atoms with E-state index in [0.29, 0.717) is 0 Å². The molecule has 0 atom stereocenters. The molecule has 0 rings (SSSR count). The van der Waals surface area contributed by atoms with Crippen molar-refractivity contribution in [1.29, 1.82) is 0 Å². The maximum absolute atomic E-state index is 10.3. The van der Waals surface area contributed by atoms with Crippen LogP contribution in [0.5, 0.6) is 0 Å². The fraction of sp³-hybridized carbons (Fsp3) is 0.667. The van der Waals surface area contributed by atoms with Crippen LogP contribution in [0.15, 0.2) is 0 Å². The highest BCUT2D eigenvalue weighted by molar-refractivity contribution is 7.36. The van der Waals surface area contributed by atoms with E-state index in [4.69, 9.17) is 16.5 Å². The molecule has 0 saturated carbocycles. The first-order chi connectivity index (χ1) is 6.15. The second-order valence-electron chi connectivity index (χ2n) is 3.70. The highest BCUT2D eigenvalue weighted by Crippen LogP contribution is 1.97. The zero-order valence-corrected chi connectivity index (χ0v) is 11.0. The highest BCUT2D eigenvalue weighted by atomic mass is 28.3. The van der Waals surface area contributed by atoms with Crippen molar-refractivity contribution >= 4 is 34.9 Å². The summed E-state index contributed by atoms with van der Waals surface area (Å²) in [5, 5.41) is 8.49. The van der Waals surface area contributed by atoms with Crippen molar-refractivity contribution in [3.63, 3.8) is 0 Å². The van der Waals surface area contributed by atoms with Crippen molar-refractivity contribution < 1.29 is 14.6 Å². The predicted molar refractivity (Wildman–Crippen MR) is 61.3 cm³/mol. The van der Waals surface area contributed by atoms with Gasteiger partial charge in [0.1, 0.15) is 0 Å². The molecule has 0 bridgehead atoms. The first-order valence-corrected chi connectivity index (χ1v) is 9.79. The van der Waals surface area contributed by atoms with Gasteiger partial charge in [0.2, 0.25) is 11.1 Å². The van der Waals surface area contributed by atoms with Crippen LogP contribution in [-0.4, -0.2) is 39.9 Å². The van der Waals surface area contributed by atoms with Gasteiger partial charge in [0, 0.05) is 0 Å². The van der Waals surface area contributed by atoms with Crippen LogP contribution in [0.4, 0.5) is 9.59 Å². The van der Waals surface area contributed by atoms with E-state index < -0.39 is 22.3 Å². The molecule has 3 N–H and O–H groups in total. The van der Waals surface area contributed by atoms with Gasteiger partial charge in [-0.05, 0) is 0 Å². The summed E-state index contributed by atoms with van der Waals surface area (Å²) in [6.45, 7) is 6.95. The molecule has 79 valence electrons. The standard InChI is InChI=1S/C3H9BNO2Si.C3H7NOSi/c1-8(2,4-7)3(5)6;1-6(2)3(4)5/h4-5,7H,1-2H3;4H,1-2H3. The number of amides is 2. The lowest BCUT2D eigenvalue weighted by atomic mass is 10.6. The van der Waals surface area contributed by atoms with Gasteiger partial charge in [0.25, 0.3) is 7.07 Å².